The largest absolute Gasteiger partial charge is 0.478 e. The monoisotopic (exact) mass is 384 g/mol. The average Bonchev–Trinajstić information content (AvgIpc) is 3.10. The zero-order valence-corrected chi connectivity index (χ0v) is 13.6. The highest BCUT2D eigenvalue weighted by Gasteiger charge is 2.31. The fraction of sp³-hybridized carbons (Fsp3) is 0. The summed E-state index contributed by atoms with van der Waals surface area (Å²) in [5, 5.41) is 17.3. The van der Waals surface area contributed by atoms with Crippen LogP contribution in [0.5, 0.6) is 0 Å². The van der Waals surface area contributed by atoms with Crippen molar-refractivity contribution in [3.63, 3.8) is 0 Å². The third-order valence-electron chi connectivity index (χ3n) is 3.78. The van der Waals surface area contributed by atoms with Crippen LogP contribution in [0.1, 0.15) is 62.1 Å². The maximum atomic E-state index is 11.0. The molecule has 10 nitrogen and oxygen atoms in total. The van der Waals surface area contributed by atoms with Gasteiger partial charge in [-0.2, -0.15) is 0 Å². The van der Waals surface area contributed by atoms with Gasteiger partial charge in [0.25, 0.3) is 0 Å². The van der Waals surface area contributed by atoms with Crippen LogP contribution in [0.25, 0.3) is 0 Å². The van der Waals surface area contributed by atoms with Crippen LogP contribution < -0.4 is 0 Å². The number of cyclic esters (lactones) is 4. The molecule has 2 aromatic carbocycles. The van der Waals surface area contributed by atoms with Crippen molar-refractivity contribution in [2.75, 3.05) is 0 Å². The molecule has 10 heteroatoms. The molecule has 2 heterocycles. The van der Waals surface area contributed by atoms with E-state index in [0.29, 0.717) is 0 Å². The zero-order valence-electron chi connectivity index (χ0n) is 13.6. The van der Waals surface area contributed by atoms with E-state index in [4.69, 9.17) is 10.2 Å². The molecule has 0 fully saturated rings. The van der Waals surface area contributed by atoms with E-state index in [1.807, 2.05) is 0 Å². The fourth-order valence-corrected chi connectivity index (χ4v) is 2.44. The van der Waals surface area contributed by atoms with Crippen LogP contribution in [0.4, 0.5) is 0 Å². The van der Waals surface area contributed by atoms with Crippen LogP contribution in [-0.4, -0.2) is 46.0 Å². The van der Waals surface area contributed by atoms with Crippen LogP contribution >= 0.6 is 0 Å². The molecule has 140 valence electrons. The number of ether oxygens (including phenoxy) is 2. The quantitative estimate of drug-likeness (QED) is 0.571. The first-order chi connectivity index (χ1) is 13.2. The number of hydrogen-bond donors (Lipinski definition) is 2. The third kappa shape index (κ3) is 3.21. The van der Waals surface area contributed by atoms with E-state index >= 15 is 0 Å². The molecule has 0 saturated heterocycles. The Hall–Kier alpha value is -4.34. The number of carboxylic acids is 2. The smallest absolute Gasteiger partial charge is 0.346 e. The summed E-state index contributed by atoms with van der Waals surface area (Å²) in [6.45, 7) is 0. The van der Waals surface area contributed by atoms with Gasteiger partial charge in [-0.05, 0) is 36.4 Å². The molecule has 4 rings (SSSR count). The van der Waals surface area contributed by atoms with Gasteiger partial charge in [-0.15, -0.1) is 0 Å². The van der Waals surface area contributed by atoms with Gasteiger partial charge in [0.05, 0.1) is 33.4 Å². The summed E-state index contributed by atoms with van der Waals surface area (Å²) >= 11 is 0. The van der Waals surface area contributed by atoms with E-state index < -0.39 is 35.8 Å². The minimum atomic E-state index is -1.15. The maximum absolute atomic E-state index is 11.0. The summed E-state index contributed by atoms with van der Waals surface area (Å²) in [4.78, 5) is 65.1. The van der Waals surface area contributed by atoms with Crippen molar-refractivity contribution in [3.05, 3.63) is 69.8 Å². The van der Waals surface area contributed by atoms with Crippen molar-refractivity contribution < 1.29 is 48.5 Å². The molecule has 2 aliphatic rings. The molecule has 2 aromatic rings. The number of hydrogen-bond acceptors (Lipinski definition) is 8. The van der Waals surface area contributed by atoms with E-state index in [-0.39, 0.29) is 33.4 Å². The van der Waals surface area contributed by atoms with Gasteiger partial charge in [-0.25, -0.2) is 28.8 Å². The number of esters is 4. The van der Waals surface area contributed by atoms with Crippen LogP contribution in [0, 0.1) is 0 Å². The van der Waals surface area contributed by atoms with Gasteiger partial charge in [0.2, 0.25) is 0 Å². The van der Waals surface area contributed by atoms with Gasteiger partial charge < -0.3 is 19.7 Å². The summed E-state index contributed by atoms with van der Waals surface area (Å²) in [6.07, 6.45) is 0. The summed E-state index contributed by atoms with van der Waals surface area (Å²) in [5.74, 6) is -5.37. The number of benzene rings is 2. The highest BCUT2D eigenvalue weighted by atomic mass is 16.6. The topological polar surface area (TPSA) is 161 Å². The fourth-order valence-electron chi connectivity index (χ4n) is 2.44. The number of fused-ring (bicyclic) bond motifs is 2. The normalized spacial score (nSPS) is 13.7. The second-order valence-electron chi connectivity index (χ2n) is 5.48. The lowest BCUT2D eigenvalue weighted by molar-refractivity contribution is 0.0425. The van der Waals surface area contributed by atoms with Crippen LogP contribution in [0.3, 0.4) is 0 Å². The molecule has 2 N–H and O–H groups in total. The Morgan fingerprint density at radius 3 is 1.21 bits per heavy atom. The van der Waals surface area contributed by atoms with E-state index in [1.54, 1.807) is 0 Å². The van der Waals surface area contributed by atoms with E-state index in [2.05, 4.69) is 9.47 Å². The number of carboxylic acid groups (broad SMARTS) is 2. The van der Waals surface area contributed by atoms with Crippen molar-refractivity contribution in [3.8, 4) is 0 Å². The number of aromatic carboxylic acids is 2. The Morgan fingerprint density at radius 2 is 0.893 bits per heavy atom. The van der Waals surface area contributed by atoms with Crippen LogP contribution in [-0.2, 0) is 9.47 Å². The summed E-state index contributed by atoms with van der Waals surface area (Å²) in [7, 11) is 0. The van der Waals surface area contributed by atoms with E-state index in [0.717, 1.165) is 12.1 Å². The molecule has 0 radical (unpaired) electrons. The van der Waals surface area contributed by atoms with Crippen molar-refractivity contribution >= 4 is 35.8 Å². The molecule has 0 spiro atoms. The zero-order chi connectivity index (χ0) is 20.6. The van der Waals surface area contributed by atoms with Gasteiger partial charge in [-0.1, -0.05) is 0 Å². The van der Waals surface area contributed by atoms with E-state index in [9.17, 15) is 28.8 Å². The van der Waals surface area contributed by atoms with E-state index in [1.165, 1.54) is 24.3 Å². The molecular formula is C18H8O10. The third-order valence-corrected chi connectivity index (χ3v) is 3.78. The van der Waals surface area contributed by atoms with Gasteiger partial charge in [0.1, 0.15) is 0 Å². The van der Waals surface area contributed by atoms with Crippen LogP contribution in [0.2, 0.25) is 0 Å². The lowest BCUT2D eigenvalue weighted by Gasteiger charge is -1.94. The molecule has 28 heavy (non-hydrogen) atoms. The molecule has 0 bridgehead atoms. The molecule has 0 aliphatic carbocycles. The molecule has 0 amide bonds. The van der Waals surface area contributed by atoms with Crippen molar-refractivity contribution in [1.29, 1.82) is 0 Å². The second-order valence-corrected chi connectivity index (χ2v) is 5.48. The number of carbonyl (C=O) groups is 6. The van der Waals surface area contributed by atoms with Gasteiger partial charge in [-0.3, -0.25) is 0 Å². The summed E-state index contributed by atoms with van der Waals surface area (Å²) in [5.41, 5.74) is 0.149. The average molecular weight is 384 g/mol. The molecule has 0 saturated carbocycles. The first kappa shape index (κ1) is 18.5. The van der Waals surface area contributed by atoms with Crippen LogP contribution in [0.15, 0.2) is 36.4 Å². The van der Waals surface area contributed by atoms with Gasteiger partial charge in [0.15, 0.2) is 0 Å². The highest BCUT2D eigenvalue weighted by Crippen LogP contribution is 2.22. The number of rotatable bonds is 2. The predicted molar refractivity (Wildman–Crippen MR) is 86.3 cm³/mol. The molecule has 2 aliphatic heterocycles. The van der Waals surface area contributed by atoms with Gasteiger partial charge >= 0.3 is 35.8 Å². The molecule has 0 atom stereocenters. The number of carbonyl (C=O) groups excluding carboxylic acids is 4. The summed E-state index contributed by atoms with van der Waals surface area (Å²) < 4.78 is 8.59. The Morgan fingerprint density at radius 1 is 0.571 bits per heavy atom. The first-order valence-corrected chi connectivity index (χ1v) is 7.46. The van der Waals surface area contributed by atoms with Crippen molar-refractivity contribution in [1.82, 2.24) is 0 Å². The molecule has 0 aromatic heterocycles. The lowest BCUT2D eigenvalue weighted by Crippen LogP contribution is -2.00. The Bertz CT molecular complexity index is 1010. The van der Waals surface area contributed by atoms with Gasteiger partial charge in [0, 0.05) is 0 Å². The van der Waals surface area contributed by atoms with Crippen molar-refractivity contribution in [2.45, 2.75) is 0 Å². The summed E-state index contributed by atoms with van der Waals surface area (Å²) in [6, 6.07) is 7.30. The second kappa shape index (κ2) is 6.76. The maximum Gasteiger partial charge on any atom is 0.346 e. The minimum Gasteiger partial charge on any atom is -0.478 e. The lowest BCUT2D eigenvalue weighted by atomic mass is 10.1. The minimum absolute atomic E-state index is 0.00917. The Kier molecular flexibility index (Phi) is 4.45. The predicted octanol–water partition coefficient (Wildman–Crippen LogP) is 1.39. The SMILES string of the molecule is O=C(O)c1ccc2c(c1)C(=O)OC2=O.O=C(O)c1ccc2c(c1)C(=O)OC2=O. The Balaban J connectivity index is 0.000000161. The van der Waals surface area contributed by atoms with Crippen molar-refractivity contribution in [2.24, 2.45) is 0 Å². The first-order valence-electron chi connectivity index (χ1n) is 7.46. The Labute approximate surface area is 154 Å². The highest BCUT2D eigenvalue weighted by molar-refractivity contribution is 6.16. The molecule has 0 unspecified atom stereocenters. The standard InChI is InChI=1S/2C9H4O5/c2*10-7(11)4-1-2-5-6(3-4)9(13)14-8(5)12/h2*1-3H,(H,10,11). The molecular weight excluding hydrogens is 376 g/mol.